The Morgan fingerprint density at radius 1 is 1.17 bits per heavy atom. The van der Waals surface area contributed by atoms with Gasteiger partial charge in [-0.25, -0.2) is 0 Å². The van der Waals surface area contributed by atoms with Gasteiger partial charge in [0.25, 0.3) is 0 Å². The largest absolute Gasteiger partial charge is 0.311 e. The number of rotatable bonds is 5. The van der Waals surface area contributed by atoms with E-state index < -0.39 is 0 Å². The molecule has 0 amide bonds. The molecule has 1 N–H and O–H groups in total. The summed E-state index contributed by atoms with van der Waals surface area (Å²) < 4.78 is 0. The van der Waals surface area contributed by atoms with Gasteiger partial charge in [-0.3, -0.25) is 9.97 Å². The first-order valence-electron chi connectivity index (χ1n) is 6.35. The third-order valence-corrected chi connectivity index (χ3v) is 3.28. The topological polar surface area (TPSA) is 37.8 Å². The van der Waals surface area contributed by atoms with Gasteiger partial charge in [0, 0.05) is 24.5 Å². The number of likely N-dealkylation sites (N-methyl/N-ethyl adjacent to an activating group) is 1. The second-order valence-corrected chi connectivity index (χ2v) is 4.32. The van der Waals surface area contributed by atoms with Crippen LogP contribution in [-0.2, 0) is 0 Å². The van der Waals surface area contributed by atoms with Crippen LogP contribution < -0.4 is 5.32 Å². The molecule has 0 radical (unpaired) electrons. The second-order valence-electron chi connectivity index (χ2n) is 4.32. The average molecular weight is 241 g/mol. The van der Waals surface area contributed by atoms with Crippen molar-refractivity contribution in [2.24, 2.45) is 0 Å². The highest BCUT2D eigenvalue weighted by Gasteiger charge is 2.22. The summed E-state index contributed by atoms with van der Waals surface area (Å²) in [7, 11) is 1.98. The molecule has 0 bridgehead atoms. The predicted octanol–water partition coefficient (Wildman–Crippen LogP) is 2.93. The van der Waals surface area contributed by atoms with E-state index in [-0.39, 0.29) is 6.04 Å². The van der Waals surface area contributed by atoms with Gasteiger partial charge in [-0.05, 0) is 19.0 Å². The van der Waals surface area contributed by atoms with Crippen LogP contribution in [0.3, 0.4) is 0 Å². The zero-order valence-electron chi connectivity index (χ0n) is 10.9. The SMILES string of the molecule is CCC(c1ccccc1)C(NC)c1cnccn1. The standard InChI is InChI=1S/C15H19N3/c1-3-13(12-7-5-4-6-8-12)15(16-2)14-11-17-9-10-18-14/h4-11,13,15-16H,3H2,1-2H3. The van der Waals surface area contributed by atoms with Gasteiger partial charge in [-0.2, -0.15) is 0 Å². The summed E-state index contributed by atoms with van der Waals surface area (Å²) in [5, 5.41) is 3.37. The van der Waals surface area contributed by atoms with Crippen molar-refractivity contribution in [2.45, 2.75) is 25.3 Å². The third-order valence-electron chi connectivity index (χ3n) is 3.28. The summed E-state index contributed by atoms with van der Waals surface area (Å²) in [6.07, 6.45) is 6.36. The fourth-order valence-electron chi connectivity index (χ4n) is 2.39. The van der Waals surface area contributed by atoms with E-state index >= 15 is 0 Å². The summed E-state index contributed by atoms with van der Waals surface area (Å²) in [4.78, 5) is 8.58. The number of aromatic nitrogens is 2. The summed E-state index contributed by atoms with van der Waals surface area (Å²) in [5.41, 5.74) is 2.33. The monoisotopic (exact) mass is 241 g/mol. The molecule has 2 atom stereocenters. The van der Waals surface area contributed by atoms with Crippen LogP contribution in [0.2, 0.25) is 0 Å². The summed E-state index contributed by atoms with van der Waals surface area (Å²) in [6, 6.07) is 10.8. The molecule has 3 nitrogen and oxygen atoms in total. The van der Waals surface area contributed by atoms with Crippen LogP contribution in [0.25, 0.3) is 0 Å². The van der Waals surface area contributed by atoms with Gasteiger partial charge < -0.3 is 5.32 Å². The lowest BCUT2D eigenvalue weighted by molar-refractivity contribution is 0.457. The second kappa shape index (κ2) is 6.26. The first-order chi connectivity index (χ1) is 8.86. The highest BCUT2D eigenvalue weighted by atomic mass is 14.9. The van der Waals surface area contributed by atoms with Crippen LogP contribution in [0.5, 0.6) is 0 Å². The maximum atomic E-state index is 4.42. The molecule has 0 spiro atoms. The van der Waals surface area contributed by atoms with E-state index in [1.165, 1.54) is 5.56 Å². The molecule has 1 aromatic heterocycles. The van der Waals surface area contributed by atoms with Crippen molar-refractivity contribution in [3.63, 3.8) is 0 Å². The number of hydrogen-bond donors (Lipinski definition) is 1. The molecule has 2 rings (SSSR count). The molecular formula is C15H19N3. The van der Waals surface area contributed by atoms with E-state index in [2.05, 4.69) is 46.5 Å². The van der Waals surface area contributed by atoms with Crippen LogP contribution in [0.1, 0.15) is 36.6 Å². The maximum Gasteiger partial charge on any atom is 0.0762 e. The Morgan fingerprint density at radius 3 is 2.50 bits per heavy atom. The minimum atomic E-state index is 0.200. The Balaban J connectivity index is 2.31. The fraction of sp³-hybridized carbons (Fsp3) is 0.333. The molecule has 94 valence electrons. The molecular weight excluding hydrogens is 222 g/mol. The smallest absolute Gasteiger partial charge is 0.0762 e. The van der Waals surface area contributed by atoms with Gasteiger partial charge in [-0.15, -0.1) is 0 Å². The average Bonchev–Trinajstić information content (AvgIpc) is 2.46. The molecule has 0 saturated heterocycles. The van der Waals surface area contributed by atoms with Crippen LogP contribution in [-0.4, -0.2) is 17.0 Å². The zero-order valence-corrected chi connectivity index (χ0v) is 10.9. The highest BCUT2D eigenvalue weighted by Crippen LogP contribution is 2.31. The van der Waals surface area contributed by atoms with E-state index in [4.69, 9.17) is 0 Å². The molecule has 0 aliphatic heterocycles. The van der Waals surface area contributed by atoms with Gasteiger partial charge >= 0.3 is 0 Å². The molecule has 0 fully saturated rings. The molecule has 3 heteroatoms. The molecule has 0 saturated carbocycles. The first kappa shape index (κ1) is 12.7. The van der Waals surface area contributed by atoms with Crippen molar-refractivity contribution in [1.29, 1.82) is 0 Å². The molecule has 18 heavy (non-hydrogen) atoms. The zero-order chi connectivity index (χ0) is 12.8. The van der Waals surface area contributed by atoms with E-state index in [9.17, 15) is 0 Å². The predicted molar refractivity (Wildman–Crippen MR) is 73.3 cm³/mol. The summed E-state index contributed by atoms with van der Waals surface area (Å²) in [5.74, 6) is 0.410. The Morgan fingerprint density at radius 2 is 1.94 bits per heavy atom. The molecule has 1 aromatic carbocycles. The van der Waals surface area contributed by atoms with Gasteiger partial charge in [0.1, 0.15) is 0 Å². The minimum absolute atomic E-state index is 0.200. The van der Waals surface area contributed by atoms with Crippen LogP contribution in [0.4, 0.5) is 0 Å². The molecule has 0 aliphatic rings. The lowest BCUT2D eigenvalue weighted by atomic mass is 9.87. The minimum Gasteiger partial charge on any atom is -0.311 e. The van der Waals surface area contributed by atoms with E-state index in [0.717, 1.165) is 12.1 Å². The van der Waals surface area contributed by atoms with E-state index in [1.54, 1.807) is 12.4 Å². The lowest BCUT2D eigenvalue weighted by Crippen LogP contribution is -2.24. The fourth-order valence-corrected chi connectivity index (χ4v) is 2.39. The van der Waals surface area contributed by atoms with Crippen molar-refractivity contribution >= 4 is 0 Å². The van der Waals surface area contributed by atoms with Gasteiger partial charge in [0.15, 0.2) is 0 Å². The number of nitrogens with zero attached hydrogens (tertiary/aromatic N) is 2. The summed E-state index contributed by atoms with van der Waals surface area (Å²) >= 11 is 0. The molecule has 2 unspecified atom stereocenters. The van der Waals surface area contributed by atoms with E-state index in [1.807, 2.05) is 19.3 Å². The van der Waals surface area contributed by atoms with Gasteiger partial charge in [0.05, 0.1) is 11.7 Å². The Hall–Kier alpha value is -1.74. The summed E-state index contributed by atoms with van der Waals surface area (Å²) in [6.45, 7) is 2.21. The Kier molecular flexibility index (Phi) is 4.42. The van der Waals surface area contributed by atoms with Gasteiger partial charge in [-0.1, -0.05) is 37.3 Å². The molecule has 2 aromatic rings. The Bertz CT molecular complexity index is 410. The van der Waals surface area contributed by atoms with Gasteiger partial charge in [0.2, 0.25) is 0 Å². The molecule has 0 aliphatic carbocycles. The number of benzene rings is 1. The van der Waals surface area contributed by atoms with Crippen molar-refractivity contribution in [3.8, 4) is 0 Å². The lowest BCUT2D eigenvalue weighted by Gasteiger charge is -2.25. The molecule has 1 heterocycles. The Labute approximate surface area is 108 Å². The van der Waals surface area contributed by atoms with Crippen LogP contribution in [0, 0.1) is 0 Å². The van der Waals surface area contributed by atoms with Crippen LogP contribution in [0.15, 0.2) is 48.9 Å². The quantitative estimate of drug-likeness (QED) is 0.874. The first-order valence-corrected chi connectivity index (χ1v) is 6.35. The maximum absolute atomic E-state index is 4.42. The number of hydrogen-bond acceptors (Lipinski definition) is 3. The normalized spacial score (nSPS) is 14.1. The van der Waals surface area contributed by atoms with Crippen molar-refractivity contribution in [3.05, 3.63) is 60.2 Å². The van der Waals surface area contributed by atoms with Crippen molar-refractivity contribution in [2.75, 3.05) is 7.05 Å². The highest BCUT2D eigenvalue weighted by molar-refractivity contribution is 5.23. The number of nitrogens with one attached hydrogen (secondary N) is 1. The van der Waals surface area contributed by atoms with E-state index in [0.29, 0.717) is 5.92 Å². The van der Waals surface area contributed by atoms with Crippen LogP contribution >= 0.6 is 0 Å². The van der Waals surface area contributed by atoms with Crippen molar-refractivity contribution < 1.29 is 0 Å². The van der Waals surface area contributed by atoms with Crippen molar-refractivity contribution in [1.82, 2.24) is 15.3 Å². The third kappa shape index (κ3) is 2.74.